The maximum absolute atomic E-state index is 12.9. The molecule has 0 amide bonds. The lowest BCUT2D eigenvalue weighted by atomic mass is 9.94. The average molecular weight is 407 g/mol. The zero-order valence-electron chi connectivity index (χ0n) is 16.3. The molecule has 0 aliphatic carbocycles. The molecule has 0 spiro atoms. The molecule has 3 heterocycles. The second kappa shape index (κ2) is 7.61. The van der Waals surface area contributed by atoms with Gasteiger partial charge in [-0.2, -0.15) is 0 Å². The summed E-state index contributed by atoms with van der Waals surface area (Å²) in [6.07, 6.45) is 1.27. The molecule has 2 aromatic carbocycles. The highest BCUT2D eigenvalue weighted by Crippen LogP contribution is 2.36. The van der Waals surface area contributed by atoms with Crippen molar-refractivity contribution in [2.45, 2.75) is 26.3 Å². The van der Waals surface area contributed by atoms with Crippen LogP contribution in [0.25, 0.3) is 11.1 Å². The maximum atomic E-state index is 12.9. The van der Waals surface area contributed by atoms with E-state index in [-0.39, 0.29) is 5.78 Å². The number of carbonyl (C=O) groups excluding carboxylic acids is 1. The van der Waals surface area contributed by atoms with Crippen LogP contribution in [0, 0.1) is 6.92 Å². The van der Waals surface area contributed by atoms with E-state index in [1.807, 2.05) is 30.3 Å². The minimum absolute atomic E-state index is 0.0897. The van der Waals surface area contributed by atoms with Gasteiger partial charge in [-0.05, 0) is 41.3 Å². The normalized spacial score (nSPS) is 15.1. The molecule has 0 saturated carbocycles. The third-order valence-corrected chi connectivity index (χ3v) is 6.63. The van der Waals surface area contributed by atoms with Crippen LogP contribution in [0.1, 0.15) is 31.5 Å². The van der Waals surface area contributed by atoms with Crippen LogP contribution >= 0.6 is 11.3 Å². The molecular formula is C23H22N2O3S. The summed E-state index contributed by atoms with van der Waals surface area (Å²) in [6, 6.07) is 12.1. The second-order valence-corrected chi connectivity index (χ2v) is 8.45. The van der Waals surface area contributed by atoms with E-state index >= 15 is 0 Å². The fourth-order valence-electron chi connectivity index (χ4n) is 3.89. The number of carbonyl (C=O) groups is 1. The van der Waals surface area contributed by atoms with E-state index in [9.17, 15) is 4.79 Å². The van der Waals surface area contributed by atoms with E-state index in [1.165, 1.54) is 16.2 Å². The Labute approximate surface area is 173 Å². The second-order valence-electron chi connectivity index (χ2n) is 7.36. The molecule has 148 valence electrons. The number of aromatic nitrogens is 1. The molecule has 0 bridgehead atoms. The Balaban J connectivity index is 1.42. The zero-order chi connectivity index (χ0) is 19.8. The highest BCUT2D eigenvalue weighted by atomic mass is 32.1. The van der Waals surface area contributed by atoms with Crippen LogP contribution < -0.4 is 14.8 Å². The molecule has 0 unspecified atom stereocenters. The minimum atomic E-state index is 0.0897. The van der Waals surface area contributed by atoms with Crippen molar-refractivity contribution in [1.29, 1.82) is 0 Å². The van der Waals surface area contributed by atoms with E-state index < -0.39 is 0 Å². The van der Waals surface area contributed by atoms with Crippen LogP contribution in [0.4, 0.5) is 0 Å². The Bertz CT molecular complexity index is 1070. The van der Waals surface area contributed by atoms with Crippen LogP contribution in [0.15, 0.2) is 36.4 Å². The van der Waals surface area contributed by atoms with Gasteiger partial charge in [-0.15, -0.1) is 11.3 Å². The molecule has 2 aliphatic rings. The van der Waals surface area contributed by atoms with Gasteiger partial charge in [0.25, 0.3) is 0 Å². The Morgan fingerprint density at radius 1 is 1.17 bits per heavy atom. The number of nitrogens with one attached hydrogen (secondary N) is 1. The molecule has 5 rings (SSSR count). The van der Waals surface area contributed by atoms with Gasteiger partial charge in [0.15, 0.2) is 22.3 Å². The van der Waals surface area contributed by atoms with E-state index in [0.717, 1.165) is 59.0 Å². The molecule has 0 atom stereocenters. The van der Waals surface area contributed by atoms with Gasteiger partial charge in [0.1, 0.15) is 13.2 Å². The van der Waals surface area contributed by atoms with Crippen LogP contribution in [0.3, 0.4) is 0 Å². The quantitative estimate of drug-likeness (QED) is 0.665. The number of hydrogen-bond acceptors (Lipinski definition) is 6. The van der Waals surface area contributed by atoms with Crippen LogP contribution in [-0.4, -0.2) is 30.5 Å². The van der Waals surface area contributed by atoms with Gasteiger partial charge in [0, 0.05) is 30.8 Å². The Kier molecular flexibility index (Phi) is 4.81. The lowest BCUT2D eigenvalue weighted by molar-refractivity contribution is 0.0992. The first-order chi connectivity index (χ1) is 14.2. The van der Waals surface area contributed by atoms with Crippen molar-refractivity contribution in [3.05, 3.63) is 63.1 Å². The van der Waals surface area contributed by atoms with Crippen molar-refractivity contribution in [1.82, 2.24) is 10.3 Å². The molecule has 0 saturated heterocycles. The SMILES string of the molecule is Cc1c(CC(=O)c2nc3c(s2)CNCC3)cccc1-c1ccc2c(c1)OCCO2. The van der Waals surface area contributed by atoms with Crippen LogP contribution in [0.5, 0.6) is 11.5 Å². The standard InChI is InChI=1S/C23H22N2O3S/c1-14-15(11-19(26)23-25-18-7-8-24-13-22(18)29-23)3-2-4-17(14)16-5-6-20-21(12-16)28-10-9-27-20/h2-6,12,24H,7-11,13H2,1H3. The van der Waals surface area contributed by atoms with Crippen molar-refractivity contribution in [3.63, 3.8) is 0 Å². The molecule has 1 aromatic heterocycles. The summed E-state index contributed by atoms with van der Waals surface area (Å²) in [5.74, 6) is 1.65. The van der Waals surface area contributed by atoms with Gasteiger partial charge >= 0.3 is 0 Å². The molecule has 6 heteroatoms. The topological polar surface area (TPSA) is 60.5 Å². The van der Waals surface area contributed by atoms with Gasteiger partial charge in [-0.3, -0.25) is 4.79 Å². The number of ketones is 1. The van der Waals surface area contributed by atoms with Crippen LogP contribution in [-0.2, 0) is 19.4 Å². The molecule has 29 heavy (non-hydrogen) atoms. The van der Waals surface area contributed by atoms with Gasteiger partial charge in [-0.1, -0.05) is 24.3 Å². The smallest absolute Gasteiger partial charge is 0.195 e. The summed E-state index contributed by atoms with van der Waals surface area (Å²) >= 11 is 1.53. The van der Waals surface area contributed by atoms with Crippen molar-refractivity contribution < 1.29 is 14.3 Å². The summed E-state index contributed by atoms with van der Waals surface area (Å²) in [6.45, 7) is 4.97. The van der Waals surface area contributed by atoms with Crippen LogP contribution in [0.2, 0.25) is 0 Å². The third kappa shape index (κ3) is 3.54. The number of ether oxygens (including phenoxy) is 2. The van der Waals surface area contributed by atoms with E-state index in [0.29, 0.717) is 24.6 Å². The summed E-state index contributed by atoms with van der Waals surface area (Å²) in [5, 5.41) is 3.97. The monoisotopic (exact) mass is 406 g/mol. The summed E-state index contributed by atoms with van der Waals surface area (Å²) in [4.78, 5) is 18.7. The predicted molar refractivity (Wildman–Crippen MR) is 113 cm³/mol. The highest BCUT2D eigenvalue weighted by Gasteiger charge is 2.20. The summed E-state index contributed by atoms with van der Waals surface area (Å²) in [5.41, 5.74) is 5.40. The van der Waals surface area contributed by atoms with E-state index in [4.69, 9.17) is 9.47 Å². The molecule has 3 aromatic rings. The fourth-order valence-corrected chi connectivity index (χ4v) is 4.91. The van der Waals surface area contributed by atoms with Gasteiger partial charge < -0.3 is 14.8 Å². The number of fused-ring (bicyclic) bond motifs is 2. The number of rotatable bonds is 4. The number of thiazole rings is 1. The molecule has 2 aliphatic heterocycles. The van der Waals surface area contributed by atoms with Gasteiger partial charge in [-0.25, -0.2) is 4.98 Å². The number of benzene rings is 2. The molecule has 5 nitrogen and oxygen atoms in total. The summed E-state index contributed by atoms with van der Waals surface area (Å²) < 4.78 is 11.4. The zero-order valence-corrected chi connectivity index (χ0v) is 17.1. The lowest BCUT2D eigenvalue weighted by Gasteiger charge is -2.19. The third-order valence-electron chi connectivity index (χ3n) is 5.49. The average Bonchev–Trinajstić information content (AvgIpc) is 3.19. The summed E-state index contributed by atoms with van der Waals surface area (Å²) in [7, 11) is 0. The van der Waals surface area contributed by atoms with Crippen molar-refractivity contribution >= 4 is 17.1 Å². The largest absolute Gasteiger partial charge is 0.486 e. The first-order valence-electron chi connectivity index (χ1n) is 9.90. The van der Waals surface area contributed by atoms with Gasteiger partial charge in [0.2, 0.25) is 0 Å². The maximum Gasteiger partial charge on any atom is 0.195 e. The Morgan fingerprint density at radius 3 is 2.90 bits per heavy atom. The van der Waals surface area contributed by atoms with E-state index in [1.54, 1.807) is 0 Å². The van der Waals surface area contributed by atoms with Crippen molar-refractivity contribution in [2.75, 3.05) is 19.8 Å². The fraction of sp³-hybridized carbons (Fsp3) is 0.304. The molecule has 0 radical (unpaired) electrons. The van der Waals surface area contributed by atoms with Crippen molar-refractivity contribution in [3.8, 4) is 22.6 Å². The number of nitrogens with zero attached hydrogens (tertiary/aromatic N) is 1. The highest BCUT2D eigenvalue weighted by molar-refractivity contribution is 7.13. The molecule has 1 N–H and O–H groups in total. The predicted octanol–water partition coefficient (Wildman–Crippen LogP) is 3.96. The molecular weight excluding hydrogens is 384 g/mol. The Morgan fingerprint density at radius 2 is 2.03 bits per heavy atom. The minimum Gasteiger partial charge on any atom is -0.486 e. The molecule has 0 fully saturated rings. The lowest BCUT2D eigenvalue weighted by Crippen LogP contribution is -2.22. The van der Waals surface area contributed by atoms with E-state index in [2.05, 4.69) is 23.3 Å². The van der Waals surface area contributed by atoms with Gasteiger partial charge in [0.05, 0.1) is 5.69 Å². The Hall–Kier alpha value is -2.70. The first-order valence-corrected chi connectivity index (χ1v) is 10.7. The number of hydrogen-bond donors (Lipinski definition) is 1. The first kappa shape index (κ1) is 18.3. The van der Waals surface area contributed by atoms with Crippen molar-refractivity contribution in [2.24, 2.45) is 0 Å². The number of Topliss-reactive ketones (excluding diaryl/α,β-unsaturated/α-hetero) is 1.